The summed E-state index contributed by atoms with van der Waals surface area (Å²) in [4.78, 5) is 25.7. The van der Waals surface area contributed by atoms with Crippen LogP contribution in [0.15, 0.2) is 103 Å². The Morgan fingerprint density at radius 3 is 1.55 bits per heavy atom. The predicted octanol–water partition coefficient (Wildman–Crippen LogP) is 6.12. The van der Waals surface area contributed by atoms with Gasteiger partial charge in [0, 0.05) is 41.3 Å². The molecule has 156 valence electrons. The Bertz CT molecular complexity index is 1030. The smallest absolute Gasteiger partial charge is 0.335 e. The Balaban J connectivity index is 2.01. The third-order valence-corrected chi connectivity index (χ3v) is 4.21. The van der Waals surface area contributed by atoms with Gasteiger partial charge in [-0.15, -0.1) is 0 Å². The SMILES string of the molecule is C/C=C/C(=O)Oc1cccc(N(c2ccccc2)c2cccc(OC(=O)/C=C/C)c2)c1. The highest BCUT2D eigenvalue weighted by Crippen LogP contribution is 2.37. The number of hydrogen-bond acceptors (Lipinski definition) is 5. The van der Waals surface area contributed by atoms with Gasteiger partial charge in [-0.05, 0) is 50.2 Å². The molecule has 0 radical (unpaired) electrons. The number of benzene rings is 3. The number of anilines is 3. The van der Waals surface area contributed by atoms with E-state index in [0.717, 1.165) is 17.1 Å². The van der Waals surface area contributed by atoms with Gasteiger partial charge >= 0.3 is 11.9 Å². The number of carbonyl (C=O) groups excluding carboxylic acids is 2. The molecule has 0 saturated heterocycles. The van der Waals surface area contributed by atoms with Crippen LogP contribution in [-0.4, -0.2) is 11.9 Å². The number of nitrogens with zero attached hydrogens (tertiary/aromatic N) is 1. The minimum atomic E-state index is -0.441. The molecule has 0 amide bonds. The van der Waals surface area contributed by atoms with Gasteiger partial charge in [0.25, 0.3) is 0 Å². The molecule has 0 aliphatic carbocycles. The fourth-order valence-corrected chi connectivity index (χ4v) is 2.97. The molecule has 0 fully saturated rings. The zero-order valence-corrected chi connectivity index (χ0v) is 17.4. The number of esters is 2. The maximum atomic E-state index is 11.9. The Hall–Kier alpha value is -4.12. The van der Waals surface area contributed by atoms with E-state index in [-0.39, 0.29) is 0 Å². The summed E-state index contributed by atoms with van der Waals surface area (Å²) in [7, 11) is 0. The minimum absolute atomic E-state index is 0.428. The van der Waals surface area contributed by atoms with Crippen molar-refractivity contribution in [2.24, 2.45) is 0 Å². The van der Waals surface area contributed by atoms with Crippen molar-refractivity contribution < 1.29 is 19.1 Å². The van der Waals surface area contributed by atoms with Crippen LogP contribution in [-0.2, 0) is 9.59 Å². The quantitative estimate of drug-likeness (QED) is 0.265. The van der Waals surface area contributed by atoms with E-state index in [4.69, 9.17) is 9.47 Å². The molecule has 0 saturated carbocycles. The van der Waals surface area contributed by atoms with Crippen LogP contribution in [0.5, 0.6) is 11.5 Å². The van der Waals surface area contributed by atoms with Gasteiger partial charge in [-0.25, -0.2) is 9.59 Å². The third kappa shape index (κ3) is 5.93. The number of rotatable bonds is 7. The highest BCUT2D eigenvalue weighted by molar-refractivity contribution is 5.85. The average molecular weight is 413 g/mol. The van der Waals surface area contributed by atoms with E-state index < -0.39 is 11.9 Å². The summed E-state index contributed by atoms with van der Waals surface area (Å²) >= 11 is 0. The maximum Gasteiger partial charge on any atom is 0.335 e. The summed E-state index contributed by atoms with van der Waals surface area (Å²) in [6.07, 6.45) is 5.99. The van der Waals surface area contributed by atoms with Crippen LogP contribution in [0, 0.1) is 0 Å². The van der Waals surface area contributed by atoms with Crippen molar-refractivity contribution >= 4 is 29.0 Å². The summed E-state index contributed by atoms with van der Waals surface area (Å²) in [5.74, 6) is -0.0259. The molecule has 3 aromatic carbocycles. The summed E-state index contributed by atoms with van der Waals surface area (Å²) < 4.78 is 10.8. The average Bonchev–Trinajstić information content (AvgIpc) is 2.76. The molecule has 3 aromatic rings. The van der Waals surface area contributed by atoms with Crippen LogP contribution in [0.4, 0.5) is 17.1 Å². The lowest BCUT2D eigenvalue weighted by molar-refractivity contribution is -0.129. The monoisotopic (exact) mass is 413 g/mol. The predicted molar refractivity (Wildman–Crippen MR) is 122 cm³/mol. The molecular formula is C26H23NO4. The van der Waals surface area contributed by atoms with E-state index in [1.165, 1.54) is 12.2 Å². The maximum absolute atomic E-state index is 11.9. The Morgan fingerprint density at radius 2 is 1.10 bits per heavy atom. The second kappa shape index (κ2) is 10.6. The lowest BCUT2D eigenvalue weighted by Gasteiger charge is -2.26. The first kappa shape index (κ1) is 21.6. The highest BCUT2D eigenvalue weighted by Gasteiger charge is 2.15. The molecule has 0 aliphatic rings. The molecule has 31 heavy (non-hydrogen) atoms. The zero-order valence-electron chi connectivity index (χ0n) is 17.4. The van der Waals surface area contributed by atoms with Crippen LogP contribution >= 0.6 is 0 Å². The van der Waals surface area contributed by atoms with E-state index in [9.17, 15) is 9.59 Å². The molecule has 0 spiro atoms. The minimum Gasteiger partial charge on any atom is -0.423 e. The number of ether oxygens (including phenoxy) is 2. The van der Waals surface area contributed by atoms with Crippen molar-refractivity contribution in [1.82, 2.24) is 0 Å². The molecule has 5 nitrogen and oxygen atoms in total. The summed E-state index contributed by atoms with van der Waals surface area (Å²) in [5.41, 5.74) is 2.47. The second-order valence-electron chi connectivity index (χ2n) is 6.51. The number of hydrogen-bond donors (Lipinski definition) is 0. The number of para-hydroxylation sites is 1. The van der Waals surface area contributed by atoms with E-state index >= 15 is 0 Å². The van der Waals surface area contributed by atoms with Crippen molar-refractivity contribution in [3.8, 4) is 11.5 Å². The van der Waals surface area contributed by atoms with Crippen molar-refractivity contribution in [1.29, 1.82) is 0 Å². The molecule has 0 N–H and O–H groups in total. The Kier molecular flexibility index (Phi) is 7.38. The van der Waals surface area contributed by atoms with Crippen LogP contribution in [0.1, 0.15) is 13.8 Å². The molecule has 0 atom stereocenters. The van der Waals surface area contributed by atoms with E-state index in [2.05, 4.69) is 0 Å². The lowest BCUT2D eigenvalue weighted by atomic mass is 10.2. The Morgan fingerprint density at radius 1 is 0.645 bits per heavy atom. The normalized spacial score (nSPS) is 10.9. The molecule has 5 heteroatoms. The van der Waals surface area contributed by atoms with Crippen molar-refractivity contribution in [3.05, 3.63) is 103 Å². The van der Waals surface area contributed by atoms with E-state index in [1.54, 1.807) is 50.3 Å². The topological polar surface area (TPSA) is 55.8 Å². The van der Waals surface area contributed by atoms with Gasteiger partial charge in [0.2, 0.25) is 0 Å². The summed E-state index contributed by atoms with van der Waals surface area (Å²) in [5, 5.41) is 0. The van der Waals surface area contributed by atoms with Gasteiger partial charge in [0.05, 0.1) is 0 Å². The van der Waals surface area contributed by atoms with E-state index in [1.807, 2.05) is 59.5 Å². The molecule has 0 unspecified atom stereocenters. The second-order valence-corrected chi connectivity index (χ2v) is 6.51. The van der Waals surface area contributed by atoms with Gasteiger partial charge < -0.3 is 14.4 Å². The van der Waals surface area contributed by atoms with Crippen molar-refractivity contribution in [2.45, 2.75) is 13.8 Å². The van der Waals surface area contributed by atoms with Crippen LogP contribution in [0.2, 0.25) is 0 Å². The number of carbonyl (C=O) groups is 2. The molecular weight excluding hydrogens is 390 g/mol. The number of allylic oxidation sites excluding steroid dienone is 2. The largest absolute Gasteiger partial charge is 0.423 e. The summed E-state index contributed by atoms with van der Waals surface area (Å²) in [6, 6.07) is 24.2. The first-order valence-electron chi connectivity index (χ1n) is 9.85. The Labute approximate surface area is 181 Å². The first-order valence-corrected chi connectivity index (χ1v) is 9.85. The first-order chi connectivity index (χ1) is 15.1. The van der Waals surface area contributed by atoms with Gasteiger partial charge in [0.1, 0.15) is 11.5 Å². The van der Waals surface area contributed by atoms with E-state index in [0.29, 0.717) is 11.5 Å². The fraction of sp³-hybridized carbons (Fsp3) is 0.0769. The molecule has 3 rings (SSSR count). The zero-order chi connectivity index (χ0) is 22.1. The molecule has 0 heterocycles. The van der Waals surface area contributed by atoms with Gasteiger partial charge in [-0.3, -0.25) is 0 Å². The van der Waals surface area contributed by atoms with Crippen LogP contribution in [0.25, 0.3) is 0 Å². The lowest BCUT2D eigenvalue weighted by Crippen LogP contribution is -2.11. The van der Waals surface area contributed by atoms with Crippen molar-refractivity contribution in [3.63, 3.8) is 0 Å². The summed E-state index contributed by atoms with van der Waals surface area (Å²) in [6.45, 7) is 3.51. The standard InChI is InChI=1S/C26H23NO4/c1-3-10-25(28)30-23-16-8-14-21(18-23)27(20-12-6-5-7-13-20)22-15-9-17-24(19-22)31-26(29)11-4-2/h3-19H,1-2H3/b10-3+,11-4+. The van der Waals surface area contributed by atoms with Gasteiger partial charge in [0.15, 0.2) is 0 Å². The highest BCUT2D eigenvalue weighted by atomic mass is 16.5. The van der Waals surface area contributed by atoms with Crippen molar-refractivity contribution in [2.75, 3.05) is 4.90 Å². The third-order valence-electron chi connectivity index (χ3n) is 4.21. The molecule has 0 aromatic heterocycles. The van der Waals surface area contributed by atoms with Gasteiger partial charge in [-0.2, -0.15) is 0 Å². The van der Waals surface area contributed by atoms with Crippen LogP contribution < -0.4 is 14.4 Å². The van der Waals surface area contributed by atoms with Gasteiger partial charge in [-0.1, -0.05) is 42.5 Å². The fourth-order valence-electron chi connectivity index (χ4n) is 2.97. The molecule has 0 aliphatic heterocycles. The molecule has 0 bridgehead atoms. The van der Waals surface area contributed by atoms with Crippen LogP contribution in [0.3, 0.4) is 0 Å².